The first-order valence-electron chi connectivity index (χ1n) is 12.7. The number of aliphatic carboxylic acids is 1. The van der Waals surface area contributed by atoms with Crippen LogP contribution in [-0.2, 0) is 30.2 Å². The first kappa shape index (κ1) is 32.5. The van der Waals surface area contributed by atoms with Gasteiger partial charge >= 0.3 is 24.4 Å². The molecule has 0 radical (unpaired) electrons. The Bertz CT molecular complexity index is 951. The van der Waals surface area contributed by atoms with E-state index in [0.717, 1.165) is 0 Å². The molecule has 12 nitrogen and oxygen atoms in total. The summed E-state index contributed by atoms with van der Waals surface area (Å²) < 4.78 is 30.8. The van der Waals surface area contributed by atoms with E-state index in [-0.39, 0.29) is 36.1 Å². The van der Waals surface area contributed by atoms with E-state index in [1.165, 1.54) is 18.2 Å². The summed E-state index contributed by atoms with van der Waals surface area (Å²) in [5, 5.41) is 12.9. The van der Waals surface area contributed by atoms with Crippen LogP contribution < -0.4 is 14.8 Å². The summed E-state index contributed by atoms with van der Waals surface area (Å²) in [6.45, 7) is 12.1. The summed E-state index contributed by atoms with van der Waals surface area (Å²) in [6.07, 6.45) is -2.87. The molecule has 38 heavy (non-hydrogen) atoms. The Balaban J connectivity index is 3.44. The summed E-state index contributed by atoms with van der Waals surface area (Å²) in [4.78, 5) is 49.1. The molecule has 0 aromatic heterocycles. The van der Waals surface area contributed by atoms with Crippen molar-refractivity contribution in [2.24, 2.45) is 0 Å². The van der Waals surface area contributed by atoms with E-state index in [1.54, 1.807) is 27.7 Å². The van der Waals surface area contributed by atoms with Gasteiger partial charge in [0.2, 0.25) is 0 Å². The normalized spacial score (nSPS) is 14.7. The quantitative estimate of drug-likeness (QED) is 0.138. The van der Waals surface area contributed by atoms with Crippen molar-refractivity contribution in [1.82, 2.24) is 5.32 Å². The number of hydrogen-bond donors (Lipinski definition) is 2. The van der Waals surface area contributed by atoms with Crippen LogP contribution in [0.5, 0.6) is 11.5 Å². The number of hydrogen-bond acceptors (Lipinski definition) is 11. The highest BCUT2D eigenvalue weighted by Gasteiger charge is 2.44. The molecule has 214 valence electrons. The molecule has 0 amide bonds. The van der Waals surface area contributed by atoms with Gasteiger partial charge in [-0.05, 0) is 64.7 Å². The van der Waals surface area contributed by atoms with Crippen molar-refractivity contribution in [2.75, 3.05) is 6.61 Å². The lowest BCUT2D eigenvalue weighted by Crippen LogP contribution is -2.59. The van der Waals surface area contributed by atoms with Crippen molar-refractivity contribution in [3.63, 3.8) is 0 Å². The van der Waals surface area contributed by atoms with Crippen molar-refractivity contribution in [2.45, 2.75) is 98.1 Å². The number of ether oxygens (including phenoxy) is 6. The van der Waals surface area contributed by atoms with E-state index < -0.39 is 42.4 Å². The Hall–Kier alpha value is -3.54. The standard InChI is InChI=1S/C26H39NO11/c1-8-16(5)27-26(22(28)29,38-23(30)33-11-4)15-19-12-13-20(36-24(31)34-17(6)9-2)21(14-19)37-25(32)35-18(7)10-3/h12-14,16-18,27H,8-11,15H2,1-7H3,(H,28,29)/t16?,17?,18?,26-/m0/s1. The molecule has 0 aliphatic heterocycles. The van der Waals surface area contributed by atoms with E-state index in [9.17, 15) is 24.3 Å². The molecule has 3 unspecified atom stereocenters. The van der Waals surface area contributed by atoms with E-state index in [2.05, 4.69) is 5.32 Å². The van der Waals surface area contributed by atoms with E-state index in [4.69, 9.17) is 28.4 Å². The van der Waals surface area contributed by atoms with Crippen LogP contribution >= 0.6 is 0 Å². The first-order chi connectivity index (χ1) is 17.9. The van der Waals surface area contributed by atoms with Gasteiger partial charge in [0.25, 0.3) is 5.72 Å². The largest absolute Gasteiger partial charge is 0.514 e. The molecule has 0 aliphatic carbocycles. The Kier molecular flexibility index (Phi) is 13.4. The topological polar surface area (TPSA) is 156 Å². The third kappa shape index (κ3) is 10.4. The van der Waals surface area contributed by atoms with Gasteiger partial charge in [-0.1, -0.05) is 26.8 Å². The van der Waals surface area contributed by atoms with Gasteiger partial charge in [0.05, 0.1) is 6.61 Å². The molecule has 0 aliphatic rings. The van der Waals surface area contributed by atoms with E-state index in [1.807, 2.05) is 20.8 Å². The SMILES string of the molecule is CCOC(=O)O[C@](Cc1ccc(OC(=O)OC(C)CC)c(OC(=O)OC(C)CC)c1)(NC(C)CC)C(=O)O. The maximum Gasteiger partial charge on any atom is 0.514 e. The van der Waals surface area contributed by atoms with Crippen molar-refractivity contribution in [3.05, 3.63) is 23.8 Å². The second kappa shape index (κ2) is 15.7. The Morgan fingerprint density at radius 2 is 1.39 bits per heavy atom. The van der Waals surface area contributed by atoms with Gasteiger partial charge in [-0.2, -0.15) is 0 Å². The molecule has 0 heterocycles. The van der Waals surface area contributed by atoms with Crippen LogP contribution in [0, 0.1) is 0 Å². The number of nitrogens with one attached hydrogen (secondary N) is 1. The Morgan fingerprint density at radius 3 is 1.87 bits per heavy atom. The maximum atomic E-state index is 12.4. The van der Waals surface area contributed by atoms with Crippen LogP contribution in [-0.4, -0.2) is 60.1 Å². The number of rotatable bonds is 14. The molecule has 0 spiro atoms. The zero-order valence-corrected chi connectivity index (χ0v) is 23.0. The molecule has 2 N–H and O–H groups in total. The van der Waals surface area contributed by atoms with Crippen molar-refractivity contribution < 1.29 is 52.7 Å². The Morgan fingerprint density at radius 1 is 0.842 bits per heavy atom. The third-order valence-corrected chi connectivity index (χ3v) is 5.55. The van der Waals surface area contributed by atoms with Crippen molar-refractivity contribution in [3.8, 4) is 11.5 Å². The van der Waals surface area contributed by atoms with Crippen LogP contribution in [0.2, 0.25) is 0 Å². The van der Waals surface area contributed by atoms with Gasteiger partial charge in [-0.25, -0.2) is 19.2 Å². The number of carboxylic acids is 1. The number of carbonyl (C=O) groups excluding carboxylic acids is 3. The average Bonchev–Trinajstić information content (AvgIpc) is 2.84. The maximum absolute atomic E-state index is 12.4. The smallest absolute Gasteiger partial charge is 0.477 e. The molecular formula is C26H39NO11. The summed E-state index contributed by atoms with van der Waals surface area (Å²) in [5.41, 5.74) is -1.95. The minimum Gasteiger partial charge on any atom is -0.477 e. The van der Waals surface area contributed by atoms with Gasteiger partial charge in [0.1, 0.15) is 12.2 Å². The lowest BCUT2D eigenvalue weighted by molar-refractivity contribution is -0.166. The fourth-order valence-electron chi connectivity index (χ4n) is 2.92. The van der Waals surface area contributed by atoms with Gasteiger partial charge in [0, 0.05) is 12.5 Å². The monoisotopic (exact) mass is 541 g/mol. The van der Waals surface area contributed by atoms with Crippen molar-refractivity contribution in [1.29, 1.82) is 0 Å². The highest BCUT2D eigenvalue weighted by atomic mass is 16.8. The molecule has 0 saturated heterocycles. The van der Waals surface area contributed by atoms with Gasteiger partial charge in [0.15, 0.2) is 11.5 Å². The van der Waals surface area contributed by atoms with E-state index >= 15 is 0 Å². The van der Waals surface area contributed by atoms with Crippen LogP contribution in [0.15, 0.2) is 18.2 Å². The number of carbonyl (C=O) groups is 4. The highest BCUT2D eigenvalue weighted by molar-refractivity contribution is 5.80. The van der Waals surface area contributed by atoms with Crippen molar-refractivity contribution >= 4 is 24.4 Å². The zero-order valence-electron chi connectivity index (χ0n) is 23.0. The summed E-state index contributed by atoms with van der Waals surface area (Å²) in [6, 6.07) is 3.66. The number of carboxylic acid groups (broad SMARTS) is 1. The minimum atomic E-state index is -2.21. The third-order valence-electron chi connectivity index (χ3n) is 5.55. The average molecular weight is 542 g/mol. The summed E-state index contributed by atoms with van der Waals surface area (Å²) in [5.74, 6) is -1.86. The molecule has 0 fully saturated rings. The zero-order chi connectivity index (χ0) is 28.9. The molecule has 0 bridgehead atoms. The lowest BCUT2D eigenvalue weighted by atomic mass is 10.00. The van der Waals surface area contributed by atoms with Gasteiger partial charge in [-0.3, -0.25) is 5.32 Å². The summed E-state index contributed by atoms with van der Waals surface area (Å²) >= 11 is 0. The van der Waals surface area contributed by atoms with E-state index in [0.29, 0.717) is 19.3 Å². The molecule has 1 aromatic carbocycles. The fourth-order valence-corrected chi connectivity index (χ4v) is 2.92. The van der Waals surface area contributed by atoms with Crippen LogP contribution in [0.1, 0.15) is 73.3 Å². The molecule has 4 atom stereocenters. The van der Waals surface area contributed by atoms with Crippen LogP contribution in [0.25, 0.3) is 0 Å². The summed E-state index contributed by atoms with van der Waals surface area (Å²) in [7, 11) is 0. The predicted molar refractivity (Wildman–Crippen MR) is 135 cm³/mol. The number of benzene rings is 1. The molecule has 0 saturated carbocycles. The molecular weight excluding hydrogens is 502 g/mol. The lowest BCUT2D eigenvalue weighted by Gasteiger charge is -2.32. The molecule has 1 aromatic rings. The fraction of sp³-hybridized carbons (Fsp3) is 0.615. The van der Waals surface area contributed by atoms with Gasteiger partial charge in [-0.15, -0.1) is 0 Å². The minimum absolute atomic E-state index is 0.0209. The molecule has 12 heteroatoms. The van der Waals surface area contributed by atoms with Gasteiger partial charge < -0.3 is 33.5 Å². The second-order valence-electron chi connectivity index (χ2n) is 8.71. The second-order valence-corrected chi connectivity index (χ2v) is 8.71. The van der Waals surface area contributed by atoms with Crippen LogP contribution in [0.3, 0.4) is 0 Å². The molecule has 1 rings (SSSR count). The Labute approximate surface area is 222 Å². The predicted octanol–water partition coefficient (Wildman–Crippen LogP) is 5.20. The highest BCUT2D eigenvalue weighted by Crippen LogP contribution is 2.32. The van der Waals surface area contributed by atoms with Crippen LogP contribution in [0.4, 0.5) is 14.4 Å². The first-order valence-corrected chi connectivity index (χ1v) is 12.7.